The second-order valence-corrected chi connectivity index (χ2v) is 9.01. The maximum absolute atomic E-state index is 12.5. The largest absolute Gasteiger partial charge is 0.496 e. The monoisotopic (exact) mass is 444 g/mol. The van der Waals surface area contributed by atoms with Crippen LogP contribution in [-0.2, 0) is 26.2 Å². The maximum Gasteiger partial charge on any atom is 0.327 e. The Labute approximate surface area is 176 Å². The Morgan fingerprint density at radius 3 is 2.53 bits per heavy atom. The molecule has 0 unspecified atom stereocenters. The van der Waals surface area contributed by atoms with Crippen molar-refractivity contribution in [3.05, 3.63) is 65.2 Å². The number of rotatable bonds is 6. The third-order valence-corrected chi connectivity index (χ3v) is 7.17. The molecule has 30 heavy (non-hydrogen) atoms. The van der Waals surface area contributed by atoms with Crippen molar-refractivity contribution in [3.8, 4) is 16.3 Å². The first-order valence-electron chi connectivity index (χ1n) is 8.81. The lowest BCUT2D eigenvalue weighted by Crippen LogP contribution is -2.35. The molecule has 3 aromatic rings. The fourth-order valence-corrected chi connectivity index (χ4v) is 5.37. The Morgan fingerprint density at radius 1 is 1.10 bits per heavy atom. The lowest BCUT2D eigenvalue weighted by atomic mass is 10.2. The number of para-hydroxylation sites is 1. The number of carbonyl (C=O) groups excluding carboxylic acids is 2. The van der Waals surface area contributed by atoms with Gasteiger partial charge in [-0.3, -0.25) is 9.59 Å². The van der Waals surface area contributed by atoms with E-state index in [0.717, 1.165) is 5.56 Å². The first-order chi connectivity index (χ1) is 14.4. The van der Waals surface area contributed by atoms with Gasteiger partial charge in [0.2, 0.25) is 0 Å². The third kappa shape index (κ3) is 3.55. The van der Waals surface area contributed by atoms with Crippen LogP contribution in [0, 0.1) is 0 Å². The summed E-state index contributed by atoms with van der Waals surface area (Å²) < 4.78 is 36.0. The first-order valence-corrected chi connectivity index (χ1v) is 11.1. The van der Waals surface area contributed by atoms with Crippen molar-refractivity contribution in [2.24, 2.45) is 0 Å². The average Bonchev–Trinajstić information content (AvgIpc) is 3.30. The molecule has 154 valence electrons. The normalized spacial score (nSPS) is 14.4. The van der Waals surface area contributed by atoms with Gasteiger partial charge in [-0.25, -0.2) is 17.7 Å². The Balaban J connectivity index is 1.42. The van der Waals surface area contributed by atoms with Gasteiger partial charge in [-0.05, 0) is 24.3 Å². The van der Waals surface area contributed by atoms with E-state index < -0.39 is 28.4 Å². The molecule has 0 saturated carbocycles. The number of fused-ring (bicyclic) bond motifs is 1. The number of sulfonamides is 1. The van der Waals surface area contributed by atoms with E-state index in [4.69, 9.17) is 9.47 Å². The summed E-state index contributed by atoms with van der Waals surface area (Å²) in [6, 6.07) is 13.2. The summed E-state index contributed by atoms with van der Waals surface area (Å²) in [5.41, 5.74) is 1.37. The zero-order valence-electron chi connectivity index (χ0n) is 15.8. The number of carbonyl (C=O) groups is 2. The highest BCUT2D eigenvalue weighted by atomic mass is 32.2. The molecular formula is C20H16N2O6S2. The van der Waals surface area contributed by atoms with Crippen LogP contribution in [0.5, 0.6) is 5.75 Å². The Bertz CT molecular complexity index is 1240. The van der Waals surface area contributed by atoms with Gasteiger partial charge in [0.25, 0.3) is 15.9 Å². The first kappa shape index (κ1) is 20.0. The van der Waals surface area contributed by atoms with Crippen molar-refractivity contribution in [3.63, 3.8) is 0 Å². The number of aromatic nitrogens is 1. The molecule has 2 aromatic carbocycles. The van der Waals surface area contributed by atoms with Crippen LogP contribution in [0.3, 0.4) is 0 Å². The van der Waals surface area contributed by atoms with E-state index in [2.05, 4.69) is 4.98 Å². The molecule has 0 bridgehead atoms. The van der Waals surface area contributed by atoms with Crippen LogP contribution in [0.2, 0.25) is 0 Å². The van der Waals surface area contributed by atoms with E-state index in [1.165, 1.54) is 29.5 Å². The van der Waals surface area contributed by atoms with E-state index in [0.29, 0.717) is 20.8 Å². The van der Waals surface area contributed by atoms with Crippen molar-refractivity contribution < 1.29 is 27.5 Å². The number of esters is 1. The third-order valence-electron chi connectivity index (χ3n) is 4.45. The van der Waals surface area contributed by atoms with E-state index in [1.54, 1.807) is 18.6 Å². The molecule has 0 saturated heterocycles. The predicted molar refractivity (Wildman–Crippen MR) is 109 cm³/mol. The summed E-state index contributed by atoms with van der Waals surface area (Å²) in [6.45, 7) is -0.834. The molecule has 0 radical (unpaired) electrons. The number of thiazole rings is 1. The number of methoxy groups -OCH3 is 1. The van der Waals surface area contributed by atoms with Crippen LogP contribution in [0.15, 0.2) is 58.8 Å². The smallest absolute Gasteiger partial charge is 0.327 e. The number of hydrogen-bond donors (Lipinski definition) is 0. The van der Waals surface area contributed by atoms with Crippen molar-refractivity contribution >= 4 is 33.2 Å². The Hall–Kier alpha value is -3.24. The van der Waals surface area contributed by atoms with E-state index in [9.17, 15) is 18.0 Å². The quantitative estimate of drug-likeness (QED) is 0.539. The molecule has 0 N–H and O–H groups in total. The van der Waals surface area contributed by atoms with Crippen LogP contribution in [0.1, 0.15) is 16.1 Å². The van der Waals surface area contributed by atoms with Crippen molar-refractivity contribution in [1.29, 1.82) is 0 Å². The number of amides is 1. The minimum Gasteiger partial charge on any atom is -0.496 e. The zero-order chi connectivity index (χ0) is 21.3. The molecular weight excluding hydrogens is 428 g/mol. The van der Waals surface area contributed by atoms with Crippen molar-refractivity contribution in [1.82, 2.24) is 9.29 Å². The summed E-state index contributed by atoms with van der Waals surface area (Å²) >= 11 is 1.37. The second-order valence-electron chi connectivity index (χ2n) is 6.32. The molecule has 4 rings (SSSR count). The molecule has 1 aromatic heterocycles. The van der Waals surface area contributed by atoms with Gasteiger partial charge in [-0.2, -0.15) is 0 Å². The summed E-state index contributed by atoms with van der Waals surface area (Å²) in [7, 11) is -2.49. The summed E-state index contributed by atoms with van der Waals surface area (Å²) in [5, 5.41) is 2.44. The second kappa shape index (κ2) is 7.88. The van der Waals surface area contributed by atoms with Crippen LogP contribution in [-0.4, -0.2) is 43.2 Å². The zero-order valence-corrected chi connectivity index (χ0v) is 17.4. The minimum atomic E-state index is -4.06. The molecule has 1 amide bonds. The molecule has 0 fully saturated rings. The van der Waals surface area contributed by atoms with Crippen LogP contribution in [0.25, 0.3) is 10.6 Å². The highest BCUT2D eigenvalue weighted by molar-refractivity contribution is 7.90. The number of ether oxygens (including phenoxy) is 2. The molecule has 1 aliphatic heterocycles. The number of hydrogen-bond acceptors (Lipinski definition) is 8. The lowest BCUT2D eigenvalue weighted by molar-refractivity contribution is -0.144. The van der Waals surface area contributed by atoms with Gasteiger partial charge in [0, 0.05) is 5.38 Å². The standard InChI is InChI=1S/C20H16N2O6S2/c1-27-16-8-4-2-6-14(16)19-21-13(12-29-19)11-28-18(23)10-22-20(24)15-7-3-5-9-17(15)30(22,25)26/h2-9,12H,10-11H2,1H3. The highest BCUT2D eigenvalue weighted by Crippen LogP contribution is 2.32. The molecule has 10 heteroatoms. The van der Waals surface area contributed by atoms with Gasteiger partial charge < -0.3 is 9.47 Å². The lowest BCUT2D eigenvalue weighted by Gasteiger charge is -2.13. The molecule has 1 aliphatic rings. The predicted octanol–water partition coefficient (Wildman–Crippen LogP) is 2.71. The minimum absolute atomic E-state index is 0.0475. The van der Waals surface area contributed by atoms with E-state index in [-0.39, 0.29) is 17.1 Å². The van der Waals surface area contributed by atoms with E-state index in [1.807, 2.05) is 24.3 Å². The maximum atomic E-state index is 12.5. The molecule has 0 aliphatic carbocycles. The number of nitrogens with zero attached hydrogens (tertiary/aromatic N) is 2. The van der Waals surface area contributed by atoms with E-state index >= 15 is 0 Å². The fraction of sp³-hybridized carbons (Fsp3) is 0.150. The van der Waals surface area contributed by atoms with Gasteiger partial charge in [-0.15, -0.1) is 11.3 Å². The van der Waals surface area contributed by atoms with Crippen LogP contribution in [0.4, 0.5) is 0 Å². The summed E-state index contributed by atoms with van der Waals surface area (Å²) in [5.74, 6) is -0.908. The van der Waals surface area contributed by atoms with Gasteiger partial charge in [0.05, 0.1) is 23.9 Å². The van der Waals surface area contributed by atoms with Gasteiger partial charge in [0.1, 0.15) is 28.8 Å². The molecule has 2 heterocycles. The summed E-state index contributed by atoms with van der Waals surface area (Å²) in [6.07, 6.45) is 0. The topological polar surface area (TPSA) is 103 Å². The van der Waals surface area contributed by atoms with Crippen molar-refractivity contribution in [2.75, 3.05) is 13.7 Å². The molecule has 8 nitrogen and oxygen atoms in total. The Kier molecular flexibility index (Phi) is 5.27. The fourth-order valence-electron chi connectivity index (χ4n) is 3.02. The average molecular weight is 444 g/mol. The van der Waals surface area contributed by atoms with Gasteiger partial charge >= 0.3 is 5.97 Å². The summed E-state index contributed by atoms with van der Waals surface area (Å²) in [4.78, 5) is 28.9. The van der Waals surface area contributed by atoms with Gasteiger partial charge in [0.15, 0.2) is 0 Å². The molecule has 0 spiro atoms. The Morgan fingerprint density at radius 2 is 1.80 bits per heavy atom. The van der Waals surface area contributed by atoms with Gasteiger partial charge in [-0.1, -0.05) is 24.3 Å². The SMILES string of the molecule is COc1ccccc1-c1nc(COC(=O)CN2C(=O)c3ccccc3S2(=O)=O)cs1. The van der Waals surface area contributed by atoms with Crippen LogP contribution >= 0.6 is 11.3 Å². The van der Waals surface area contributed by atoms with Crippen molar-refractivity contribution in [2.45, 2.75) is 11.5 Å². The highest BCUT2D eigenvalue weighted by Gasteiger charge is 2.42. The van der Waals surface area contributed by atoms with Crippen LogP contribution < -0.4 is 4.74 Å². The number of benzene rings is 2. The molecule has 0 atom stereocenters.